The number of carboxylic acids is 1. The van der Waals surface area contributed by atoms with Gasteiger partial charge in [-0.2, -0.15) is 12.6 Å². The van der Waals surface area contributed by atoms with Crippen LogP contribution in [0.3, 0.4) is 0 Å². The second kappa shape index (κ2) is 5.35. The van der Waals surface area contributed by atoms with E-state index < -0.39 is 17.9 Å². The number of aliphatic carboxylic acids is 1. The highest BCUT2D eigenvalue weighted by molar-refractivity contribution is 7.80. The summed E-state index contributed by atoms with van der Waals surface area (Å²) in [7, 11) is 0. The molecule has 1 atom stereocenters. The fourth-order valence-electron chi connectivity index (χ4n) is 0.915. The quantitative estimate of drug-likeness (QED) is 0.640. The van der Waals surface area contributed by atoms with Crippen LogP contribution in [-0.4, -0.2) is 33.8 Å². The van der Waals surface area contributed by atoms with E-state index in [0.717, 1.165) is 0 Å². The van der Waals surface area contributed by atoms with Crippen molar-refractivity contribution in [3.63, 3.8) is 0 Å². The lowest BCUT2D eigenvalue weighted by Crippen LogP contribution is -2.42. The normalized spacial score (nSPS) is 11.8. The van der Waals surface area contributed by atoms with Crippen LogP contribution in [0.15, 0.2) is 24.4 Å². The Morgan fingerprint density at radius 1 is 1.53 bits per heavy atom. The fourth-order valence-corrected chi connectivity index (χ4v) is 1.16. The number of pyridine rings is 1. The topological polar surface area (TPSA) is 79.3 Å². The second-order valence-electron chi connectivity index (χ2n) is 2.76. The van der Waals surface area contributed by atoms with Gasteiger partial charge in [0.15, 0.2) is 0 Å². The summed E-state index contributed by atoms with van der Waals surface area (Å²) in [5.41, 5.74) is 0.186. The minimum Gasteiger partial charge on any atom is -0.480 e. The Balaban J connectivity index is 2.67. The first-order valence-electron chi connectivity index (χ1n) is 4.20. The van der Waals surface area contributed by atoms with Crippen LogP contribution >= 0.6 is 12.6 Å². The molecule has 1 amide bonds. The average Bonchev–Trinajstić information content (AvgIpc) is 2.26. The molecule has 0 aliphatic heterocycles. The molecular weight excluding hydrogens is 216 g/mol. The molecule has 0 aliphatic carbocycles. The monoisotopic (exact) mass is 226 g/mol. The van der Waals surface area contributed by atoms with Crippen molar-refractivity contribution >= 4 is 24.5 Å². The lowest BCUT2D eigenvalue weighted by Gasteiger charge is -2.10. The van der Waals surface area contributed by atoms with Crippen molar-refractivity contribution in [1.82, 2.24) is 10.3 Å². The van der Waals surface area contributed by atoms with Crippen LogP contribution in [0.4, 0.5) is 0 Å². The summed E-state index contributed by atoms with van der Waals surface area (Å²) in [5, 5.41) is 11.0. The molecule has 0 unspecified atom stereocenters. The molecule has 0 aromatic carbocycles. The van der Waals surface area contributed by atoms with Crippen LogP contribution in [0.2, 0.25) is 0 Å². The molecule has 0 aliphatic rings. The molecule has 0 saturated carbocycles. The predicted molar refractivity (Wildman–Crippen MR) is 57.0 cm³/mol. The molecular formula is C9H10N2O3S. The highest BCUT2D eigenvalue weighted by Crippen LogP contribution is 1.95. The smallest absolute Gasteiger partial charge is 0.327 e. The van der Waals surface area contributed by atoms with Crippen LogP contribution in [-0.2, 0) is 4.79 Å². The number of carbonyl (C=O) groups is 2. The minimum atomic E-state index is -1.12. The minimum absolute atomic E-state index is 0.0356. The highest BCUT2D eigenvalue weighted by Gasteiger charge is 2.19. The number of hydrogen-bond acceptors (Lipinski definition) is 4. The van der Waals surface area contributed by atoms with Gasteiger partial charge in [0.25, 0.3) is 5.91 Å². The average molecular weight is 226 g/mol. The van der Waals surface area contributed by atoms with Crippen molar-refractivity contribution in [2.45, 2.75) is 6.04 Å². The number of thiol groups is 1. The molecule has 1 heterocycles. The van der Waals surface area contributed by atoms with E-state index in [1.807, 2.05) is 0 Å². The lowest BCUT2D eigenvalue weighted by molar-refractivity contribution is -0.138. The van der Waals surface area contributed by atoms with E-state index in [1.54, 1.807) is 12.1 Å². The van der Waals surface area contributed by atoms with E-state index >= 15 is 0 Å². The molecule has 1 aromatic heterocycles. The summed E-state index contributed by atoms with van der Waals surface area (Å²) >= 11 is 3.83. The number of aromatic nitrogens is 1. The zero-order valence-corrected chi connectivity index (χ0v) is 8.65. The van der Waals surface area contributed by atoms with Gasteiger partial charge in [0.1, 0.15) is 11.7 Å². The Morgan fingerprint density at radius 3 is 2.73 bits per heavy atom. The van der Waals surface area contributed by atoms with Gasteiger partial charge >= 0.3 is 5.97 Å². The van der Waals surface area contributed by atoms with Gasteiger partial charge in [0, 0.05) is 11.9 Å². The molecule has 0 bridgehead atoms. The van der Waals surface area contributed by atoms with Gasteiger partial charge in [-0.1, -0.05) is 6.07 Å². The van der Waals surface area contributed by atoms with Gasteiger partial charge in [0.2, 0.25) is 0 Å². The summed E-state index contributed by atoms with van der Waals surface area (Å²) < 4.78 is 0. The molecule has 0 spiro atoms. The summed E-state index contributed by atoms with van der Waals surface area (Å²) in [6, 6.07) is 3.83. The maximum atomic E-state index is 11.4. The van der Waals surface area contributed by atoms with Gasteiger partial charge in [-0.15, -0.1) is 0 Å². The molecule has 0 radical (unpaired) electrons. The molecule has 1 aromatic rings. The first-order valence-corrected chi connectivity index (χ1v) is 4.84. The van der Waals surface area contributed by atoms with Gasteiger partial charge < -0.3 is 10.4 Å². The van der Waals surface area contributed by atoms with Crippen molar-refractivity contribution in [1.29, 1.82) is 0 Å². The van der Waals surface area contributed by atoms with Gasteiger partial charge in [0.05, 0.1) is 0 Å². The second-order valence-corrected chi connectivity index (χ2v) is 3.13. The number of carboxylic acid groups (broad SMARTS) is 1. The van der Waals surface area contributed by atoms with Crippen molar-refractivity contribution in [3.8, 4) is 0 Å². The number of rotatable bonds is 4. The van der Waals surface area contributed by atoms with Crippen LogP contribution < -0.4 is 5.32 Å². The molecule has 1 rings (SSSR count). The SMILES string of the molecule is O=C(N[C@@H](CS)C(=O)O)c1ccccn1. The Kier molecular flexibility index (Phi) is 4.11. The van der Waals surface area contributed by atoms with Gasteiger partial charge in [-0.25, -0.2) is 4.79 Å². The number of hydrogen-bond donors (Lipinski definition) is 3. The van der Waals surface area contributed by atoms with E-state index in [9.17, 15) is 9.59 Å². The van der Waals surface area contributed by atoms with Crippen LogP contribution in [0.5, 0.6) is 0 Å². The van der Waals surface area contributed by atoms with Crippen LogP contribution in [0.25, 0.3) is 0 Å². The zero-order valence-electron chi connectivity index (χ0n) is 7.75. The van der Waals surface area contributed by atoms with E-state index in [4.69, 9.17) is 5.11 Å². The third-order valence-corrected chi connectivity index (χ3v) is 2.05. The van der Waals surface area contributed by atoms with Crippen molar-refractivity contribution < 1.29 is 14.7 Å². The number of nitrogens with zero attached hydrogens (tertiary/aromatic N) is 1. The van der Waals surface area contributed by atoms with Gasteiger partial charge in [-0.05, 0) is 12.1 Å². The fraction of sp³-hybridized carbons (Fsp3) is 0.222. The maximum absolute atomic E-state index is 11.4. The van der Waals surface area contributed by atoms with Crippen LogP contribution in [0.1, 0.15) is 10.5 Å². The molecule has 80 valence electrons. The summed E-state index contributed by atoms with van der Waals surface area (Å²) in [4.78, 5) is 25.9. The van der Waals surface area contributed by atoms with Crippen molar-refractivity contribution in [2.75, 3.05) is 5.75 Å². The Bertz CT molecular complexity index is 356. The number of amides is 1. The lowest BCUT2D eigenvalue weighted by atomic mass is 10.3. The Morgan fingerprint density at radius 2 is 2.27 bits per heavy atom. The zero-order chi connectivity index (χ0) is 11.3. The van der Waals surface area contributed by atoms with E-state index in [-0.39, 0.29) is 11.4 Å². The van der Waals surface area contributed by atoms with E-state index in [0.29, 0.717) is 0 Å². The Labute approximate surface area is 91.9 Å². The maximum Gasteiger partial charge on any atom is 0.327 e. The highest BCUT2D eigenvalue weighted by atomic mass is 32.1. The molecule has 2 N–H and O–H groups in total. The molecule has 5 nitrogen and oxygen atoms in total. The van der Waals surface area contributed by atoms with Crippen molar-refractivity contribution in [3.05, 3.63) is 30.1 Å². The van der Waals surface area contributed by atoms with E-state index in [2.05, 4.69) is 22.9 Å². The molecule has 0 fully saturated rings. The first kappa shape index (κ1) is 11.5. The first-order chi connectivity index (χ1) is 7.15. The molecule has 15 heavy (non-hydrogen) atoms. The molecule has 6 heteroatoms. The summed E-state index contributed by atoms with van der Waals surface area (Å²) in [5.74, 6) is -1.60. The number of nitrogens with one attached hydrogen (secondary N) is 1. The van der Waals surface area contributed by atoms with Gasteiger partial charge in [-0.3, -0.25) is 9.78 Å². The standard InChI is InChI=1S/C9H10N2O3S/c12-8(6-3-1-2-4-10-6)11-7(5-15)9(13)14/h1-4,7,15H,5H2,(H,11,12)(H,13,14)/t7-/m0/s1. The largest absolute Gasteiger partial charge is 0.480 e. The van der Waals surface area contributed by atoms with Crippen LogP contribution in [0, 0.1) is 0 Å². The van der Waals surface area contributed by atoms with E-state index in [1.165, 1.54) is 12.3 Å². The molecule has 0 saturated heterocycles. The van der Waals surface area contributed by atoms with Crippen molar-refractivity contribution in [2.24, 2.45) is 0 Å². The third kappa shape index (κ3) is 3.25. The summed E-state index contributed by atoms with van der Waals surface area (Å²) in [6.45, 7) is 0. The third-order valence-electron chi connectivity index (χ3n) is 1.68. The predicted octanol–water partition coefficient (Wildman–Crippen LogP) is 0.194. The number of carbonyl (C=O) groups excluding carboxylic acids is 1. The Hall–Kier alpha value is -1.56. The summed E-state index contributed by atoms with van der Waals surface area (Å²) in [6.07, 6.45) is 1.46.